The normalized spacial score (nSPS) is 12.1. The monoisotopic (exact) mass is 518 g/mol. The molecule has 182 valence electrons. The van der Waals surface area contributed by atoms with Gasteiger partial charge in [-0.15, -0.1) is 11.3 Å². The Bertz CT molecular complexity index is 2140. The van der Waals surface area contributed by atoms with Gasteiger partial charge in [0.05, 0.1) is 22.1 Å². The summed E-state index contributed by atoms with van der Waals surface area (Å²) in [4.78, 5) is 18.6. The zero-order chi connectivity index (χ0) is 25.5. The quantitative estimate of drug-likeness (QED) is 0.234. The zero-order valence-electron chi connectivity index (χ0n) is 20.5. The molecule has 0 radical (unpaired) electrons. The third-order valence-corrected chi connectivity index (χ3v) is 8.66. The highest BCUT2D eigenvalue weighted by molar-refractivity contribution is 7.25. The van der Waals surface area contributed by atoms with E-state index >= 15 is 0 Å². The molecule has 0 aliphatic heterocycles. The minimum Gasteiger partial charge on any atom is -0.306 e. The van der Waals surface area contributed by atoms with E-state index in [-0.39, 0.29) is 0 Å². The second-order valence-electron chi connectivity index (χ2n) is 9.62. The number of hydrogen-bond donors (Lipinski definition) is 0. The van der Waals surface area contributed by atoms with Crippen molar-refractivity contribution < 1.29 is 0 Å². The number of rotatable bonds is 2. The van der Waals surface area contributed by atoms with Gasteiger partial charge in [0.1, 0.15) is 22.1 Å². The molecule has 7 heterocycles. The molecule has 2 aromatic carbocycles. The molecule has 0 saturated carbocycles. The fourth-order valence-corrected chi connectivity index (χ4v) is 6.95. The first kappa shape index (κ1) is 20.9. The van der Waals surface area contributed by atoms with Gasteiger partial charge in [0.2, 0.25) is 0 Å². The van der Waals surface area contributed by atoms with Crippen LogP contribution in [0.25, 0.3) is 75.7 Å². The summed E-state index contributed by atoms with van der Waals surface area (Å²) in [5.41, 5.74) is 10.1. The third-order valence-electron chi connectivity index (χ3n) is 7.51. The van der Waals surface area contributed by atoms with Gasteiger partial charge in [-0.05, 0) is 84.9 Å². The molecule has 0 unspecified atom stereocenters. The third kappa shape index (κ3) is 2.85. The maximum absolute atomic E-state index is 4.65. The van der Waals surface area contributed by atoms with Crippen LogP contribution >= 0.6 is 11.3 Å². The lowest BCUT2D eigenvalue weighted by molar-refractivity contribution is 1.18. The number of aromatic nitrogens is 6. The fraction of sp³-hybridized carbons (Fsp3) is 0. The molecule has 7 heteroatoms. The Kier molecular flexibility index (Phi) is 4.11. The van der Waals surface area contributed by atoms with Gasteiger partial charge in [0.15, 0.2) is 0 Å². The molecule has 0 amide bonds. The number of nitrogens with zero attached hydrogens (tertiary/aromatic N) is 6. The molecule has 0 aliphatic rings. The van der Waals surface area contributed by atoms with E-state index in [0.717, 1.165) is 55.5 Å². The molecule has 0 aliphatic carbocycles. The summed E-state index contributed by atoms with van der Waals surface area (Å²) < 4.78 is 7.05. The lowest BCUT2D eigenvalue weighted by Crippen LogP contribution is -1.94. The van der Waals surface area contributed by atoms with E-state index in [0.29, 0.717) is 0 Å². The number of pyridine rings is 4. The topological polar surface area (TPSA) is 61.4 Å². The Hall–Kier alpha value is -5.14. The van der Waals surface area contributed by atoms with Crippen LogP contribution in [0.3, 0.4) is 0 Å². The summed E-state index contributed by atoms with van der Waals surface area (Å²) >= 11 is 1.82. The second-order valence-corrected chi connectivity index (χ2v) is 10.7. The summed E-state index contributed by atoms with van der Waals surface area (Å²) in [7, 11) is 0. The lowest BCUT2D eigenvalue weighted by atomic mass is 10.1. The number of thiophene rings is 1. The molecule has 0 spiro atoms. The predicted octanol–water partition coefficient (Wildman–Crippen LogP) is 7.83. The highest BCUT2D eigenvalue weighted by Crippen LogP contribution is 2.39. The van der Waals surface area contributed by atoms with Crippen LogP contribution in [0.1, 0.15) is 0 Å². The summed E-state index contributed by atoms with van der Waals surface area (Å²) in [6, 6.07) is 29.8. The SMILES string of the molecule is c1cnc2c3ncccc3n(-c3ccc4sc5ccc(-n6c7cccnc7c7ncccc76)cc5c4c3)c2c1. The van der Waals surface area contributed by atoms with Gasteiger partial charge < -0.3 is 9.13 Å². The first-order valence-corrected chi connectivity index (χ1v) is 13.5. The number of fused-ring (bicyclic) bond motifs is 9. The average Bonchev–Trinajstić information content (AvgIpc) is 3.64. The largest absolute Gasteiger partial charge is 0.306 e. The standard InChI is InChI=1S/C32H18N6S/c1-5-23-29(33-13-1)30-24(6-2-14-34-30)37(23)19-9-11-27-21(17-19)22-18-20(10-12-28(22)39-27)38-25-7-3-15-35-31(25)32-26(38)8-4-16-36-32/h1-18H. The predicted molar refractivity (Wildman–Crippen MR) is 159 cm³/mol. The van der Waals surface area contributed by atoms with Crippen LogP contribution in [0.4, 0.5) is 0 Å². The van der Waals surface area contributed by atoms with E-state index in [1.54, 1.807) is 0 Å². The Morgan fingerprint density at radius 1 is 0.436 bits per heavy atom. The van der Waals surface area contributed by atoms with Crippen LogP contribution in [0.15, 0.2) is 110 Å². The van der Waals surface area contributed by atoms with Crippen molar-refractivity contribution in [3.05, 3.63) is 110 Å². The molecule has 7 aromatic heterocycles. The van der Waals surface area contributed by atoms with Gasteiger partial charge in [-0.25, -0.2) is 0 Å². The Balaban J connectivity index is 1.32. The van der Waals surface area contributed by atoms with E-state index in [4.69, 9.17) is 0 Å². The fourth-order valence-electron chi connectivity index (χ4n) is 5.89. The van der Waals surface area contributed by atoms with E-state index in [2.05, 4.69) is 89.7 Å². The highest BCUT2D eigenvalue weighted by Gasteiger charge is 2.17. The highest BCUT2D eigenvalue weighted by atomic mass is 32.1. The van der Waals surface area contributed by atoms with Crippen molar-refractivity contribution in [2.75, 3.05) is 0 Å². The molecular formula is C32H18N6S. The summed E-state index contributed by atoms with van der Waals surface area (Å²) in [6.07, 6.45) is 7.32. The minimum absolute atomic E-state index is 0.916. The molecule has 9 aromatic rings. The first-order chi connectivity index (χ1) is 19.3. The van der Waals surface area contributed by atoms with Crippen molar-refractivity contribution in [3.63, 3.8) is 0 Å². The van der Waals surface area contributed by atoms with Gasteiger partial charge >= 0.3 is 0 Å². The molecule has 0 saturated heterocycles. The minimum atomic E-state index is 0.916. The van der Waals surface area contributed by atoms with Crippen LogP contribution in [0.5, 0.6) is 0 Å². The van der Waals surface area contributed by atoms with Crippen LogP contribution in [-0.2, 0) is 0 Å². The van der Waals surface area contributed by atoms with Crippen LogP contribution in [-0.4, -0.2) is 29.1 Å². The second kappa shape index (κ2) is 7.69. The first-order valence-electron chi connectivity index (χ1n) is 12.7. The van der Waals surface area contributed by atoms with E-state index in [1.165, 1.54) is 20.2 Å². The zero-order valence-corrected chi connectivity index (χ0v) is 21.3. The Labute approximate surface area is 225 Å². The van der Waals surface area contributed by atoms with Gasteiger partial charge in [0, 0.05) is 56.3 Å². The van der Waals surface area contributed by atoms with Crippen LogP contribution in [0, 0.1) is 0 Å². The van der Waals surface area contributed by atoms with Crippen molar-refractivity contribution in [1.29, 1.82) is 0 Å². The molecule has 9 rings (SSSR count). The Morgan fingerprint density at radius 2 is 0.795 bits per heavy atom. The molecule has 0 bridgehead atoms. The van der Waals surface area contributed by atoms with Crippen molar-refractivity contribution in [3.8, 4) is 11.4 Å². The van der Waals surface area contributed by atoms with Gasteiger partial charge in [-0.2, -0.15) is 0 Å². The summed E-state index contributed by atoms with van der Waals surface area (Å²) in [5, 5.41) is 2.46. The molecular weight excluding hydrogens is 500 g/mol. The van der Waals surface area contributed by atoms with Crippen LogP contribution < -0.4 is 0 Å². The maximum atomic E-state index is 4.65. The molecule has 39 heavy (non-hydrogen) atoms. The number of hydrogen-bond acceptors (Lipinski definition) is 5. The van der Waals surface area contributed by atoms with Crippen LogP contribution in [0.2, 0.25) is 0 Å². The van der Waals surface area contributed by atoms with E-state index in [1.807, 2.05) is 60.4 Å². The van der Waals surface area contributed by atoms with Gasteiger partial charge in [-0.1, -0.05) is 0 Å². The molecule has 0 atom stereocenters. The van der Waals surface area contributed by atoms with Crippen molar-refractivity contribution in [2.45, 2.75) is 0 Å². The van der Waals surface area contributed by atoms with E-state index < -0.39 is 0 Å². The van der Waals surface area contributed by atoms with Gasteiger partial charge in [-0.3, -0.25) is 19.9 Å². The molecule has 0 fully saturated rings. The van der Waals surface area contributed by atoms with Crippen molar-refractivity contribution >= 4 is 75.6 Å². The van der Waals surface area contributed by atoms with Crippen molar-refractivity contribution in [1.82, 2.24) is 29.1 Å². The average molecular weight is 519 g/mol. The van der Waals surface area contributed by atoms with Gasteiger partial charge in [0.25, 0.3) is 0 Å². The lowest BCUT2D eigenvalue weighted by Gasteiger charge is -2.09. The summed E-state index contributed by atoms with van der Waals surface area (Å²) in [5.74, 6) is 0. The van der Waals surface area contributed by atoms with Crippen molar-refractivity contribution in [2.24, 2.45) is 0 Å². The molecule has 6 nitrogen and oxygen atoms in total. The summed E-state index contributed by atoms with van der Waals surface area (Å²) in [6.45, 7) is 0. The maximum Gasteiger partial charge on any atom is 0.115 e. The smallest absolute Gasteiger partial charge is 0.115 e. The number of benzene rings is 2. The molecule has 0 N–H and O–H groups in total. The van der Waals surface area contributed by atoms with E-state index in [9.17, 15) is 0 Å². The Morgan fingerprint density at radius 3 is 1.15 bits per heavy atom.